The van der Waals surface area contributed by atoms with Crippen molar-refractivity contribution in [1.29, 1.82) is 0 Å². The van der Waals surface area contributed by atoms with Gasteiger partial charge in [-0.2, -0.15) is 0 Å². The smallest absolute Gasteiger partial charge is 0.203 e. The average Bonchev–Trinajstić information content (AvgIpc) is 3.02. The Morgan fingerprint density at radius 1 is 0.889 bits per heavy atom. The molecule has 5 heteroatoms. The van der Waals surface area contributed by atoms with Crippen molar-refractivity contribution in [1.82, 2.24) is 0 Å². The molecule has 0 aliphatic heterocycles. The zero-order valence-electron chi connectivity index (χ0n) is 16.5. The van der Waals surface area contributed by atoms with Crippen LogP contribution in [0.4, 0.5) is 0 Å². The van der Waals surface area contributed by atoms with Crippen molar-refractivity contribution in [2.24, 2.45) is 0 Å². The third kappa shape index (κ3) is 3.21. The van der Waals surface area contributed by atoms with Crippen LogP contribution in [0.2, 0.25) is 0 Å². The van der Waals surface area contributed by atoms with Crippen molar-refractivity contribution in [3.05, 3.63) is 53.3 Å². The molecule has 0 aliphatic rings. The van der Waals surface area contributed by atoms with Crippen LogP contribution in [0, 0.1) is 6.92 Å². The number of benzene rings is 2. The Kier molecular flexibility index (Phi) is 5.31. The molecule has 27 heavy (non-hydrogen) atoms. The number of ether oxygens (including phenoxy) is 4. The summed E-state index contributed by atoms with van der Waals surface area (Å²) in [6.07, 6.45) is 2.06. The van der Waals surface area contributed by atoms with E-state index in [1.807, 2.05) is 44.2 Å². The fourth-order valence-corrected chi connectivity index (χ4v) is 3.35. The Balaban J connectivity index is 2.22. The highest BCUT2D eigenvalue weighted by molar-refractivity contribution is 5.98. The highest BCUT2D eigenvalue weighted by atomic mass is 16.5. The zero-order chi connectivity index (χ0) is 19.6. The monoisotopic (exact) mass is 368 g/mol. The van der Waals surface area contributed by atoms with E-state index in [0.717, 1.165) is 39.2 Å². The van der Waals surface area contributed by atoms with E-state index >= 15 is 0 Å². The highest BCUT2D eigenvalue weighted by Crippen LogP contribution is 2.43. The van der Waals surface area contributed by atoms with Crippen LogP contribution >= 0.6 is 0 Å². The van der Waals surface area contributed by atoms with Crippen LogP contribution in [0.3, 0.4) is 0 Å². The minimum absolute atomic E-state index is 0.567. The number of aryl methyl sites for hydroxylation is 1. The van der Waals surface area contributed by atoms with Gasteiger partial charge in [-0.1, -0.05) is 6.08 Å². The molecule has 0 amide bonds. The van der Waals surface area contributed by atoms with Crippen LogP contribution in [0.5, 0.6) is 23.0 Å². The maximum Gasteiger partial charge on any atom is 0.203 e. The Morgan fingerprint density at radius 3 is 2.07 bits per heavy atom. The minimum atomic E-state index is 0.567. The fourth-order valence-electron chi connectivity index (χ4n) is 3.35. The minimum Gasteiger partial charge on any atom is -0.497 e. The van der Waals surface area contributed by atoms with Crippen LogP contribution in [0.15, 0.2) is 40.8 Å². The van der Waals surface area contributed by atoms with Gasteiger partial charge in [-0.05, 0) is 49.2 Å². The van der Waals surface area contributed by atoms with E-state index in [2.05, 4.69) is 6.08 Å². The van der Waals surface area contributed by atoms with Crippen molar-refractivity contribution >= 4 is 16.5 Å². The maximum absolute atomic E-state index is 6.00. The van der Waals surface area contributed by atoms with Crippen LogP contribution in [-0.2, 0) is 0 Å². The molecule has 0 radical (unpaired) electrons. The lowest BCUT2D eigenvalue weighted by Gasteiger charge is -2.16. The van der Waals surface area contributed by atoms with Gasteiger partial charge in [0.15, 0.2) is 11.5 Å². The number of rotatable bonds is 6. The molecule has 0 saturated carbocycles. The first kappa shape index (κ1) is 18.7. The van der Waals surface area contributed by atoms with Gasteiger partial charge in [-0.15, -0.1) is 0 Å². The first-order valence-corrected chi connectivity index (χ1v) is 8.62. The molecule has 2 aromatic carbocycles. The van der Waals surface area contributed by atoms with E-state index in [9.17, 15) is 0 Å². The van der Waals surface area contributed by atoms with Gasteiger partial charge in [0.25, 0.3) is 0 Å². The largest absolute Gasteiger partial charge is 0.497 e. The number of hydrogen-bond acceptors (Lipinski definition) is 5. The maximum atomic E-state index is 6.00. The van der Waals surface area contributed by atoms with Crippen LogP contribution in [0.1, 0.15) is 23.8 Å². The summed E-state index contributed by atoms with van der Waals surface area (Å²) in [6.45, 7) is 3.96. The molecule has 0 spiro atoms. The molecule has 0 bridgehead atoms. The van der Waals surface area contributed by atoms with Crippen LogP contribution in [-0.4, -0.2) is 28.4 Å². The van der Waals surface area contributed by atoms with Gasteiger partial charge in [0, 0.05) is 17.0 Å². The Morgan fingerprint density at radius 2 is 1.56 bits per heavy atom. The summed E-state index contributed by atoms with van der Waals surface area (Å²) in [7, 11) is 6.46. The molecule has 1 heterocycles. The Bertz CT molecular complexity index is 972. The lowest BCUT2D eigenvalue weighted by molar-refractivity contribution is 0.324. The lowest BCUT2D eigenvalue weighted by atomic mass is 9.94. The summed E-state index contributed by atoms with van der Waals surface area (Å²) in [5.41, 5.74) is 3.79. The molecular formula is C22H24O5. The average molecular weight is 368 g/mol. The molecule has 5 nitrogen and oxygen atoms in total. The molecule has 3 rings (SSSR count). The first-order valence-electron chi connectivity index (χ1n) is 8.62. The fraction of sp³-hybridized carbons (Fsp3) is 0.273. The summed E-state index contributed by atoms with van der Waals surface area (Å²) in [5, 5.41) is 1.02. The summed E-state index contributed by atoms with van der Waals surface area (Å²) >= 11 is 0. The molecule has 0 saturated heterocycles. The normalized spacial score (nSPS) is 11.6. The summed E-state index contributed by atoms with van der Waals surface area (Å²) in [4.78, 5) is 0. The van der Waals surface area contributed by atoms with Crippen molar-refractivity contribution in [2.75, 3.05) is 28.4 Å². The number of fused-ring (bicyclic) bond motifs is 1. The third-order valence-electron chi connectivity index (χ3n) is 4.61. The number of hydrogen-bond donors (Lipinski definition) is 0. The molecule has 1 aromatic heterocycles. The van der Waals surface area contributed by atoms with Gasteiger partial charge in [0.1, 0.15) is 17.1 Å². The van der Waals surface area contributed by atoms with E-state index in [0.29, 0.717) is 17.2 Å². The highest BCUT2D eigenvalue weighted by Gasteiger charge is 2.20. The predicted octanol–water partition coefficient (Wildman–Crippen LogP) is 5.23. The zero-order valence-corrected chi connectivity index (χ0v) is 16.5. The predicted molar refractivity (Wildman–Crippen MR) is 106 cm³/mol. The van der Waals surface area contributed by atoms with Gasteiger partial charge in [0.2, 0.25) is 5.75 Å². The second kappa shape index (κ2) is 7.66. The van der Waals surface area contributed by atoms with E-state index in [1.165, 1.54) is 0 Å². The van der Waals surface area contributed by atoms with Gasteiger partial charge in [-0.3, -0.25) is 0 Å². The second-order valence-electron chi connectivity index (χ2n) is 6.01. The van der Waals surface area contributed by atoms with Gasteiger partial charge >= 0.3 is 0 Å². The standard InChI is InChI=1S/C22H24O5/c1-7-16(14-10-19(24-4)22(26-6)20(11-14)25-5)21-13(2)27-18-12-15(23-3)8-9-17(18)21/h7-12H,1-6H3. The van der Waals surface area contributed by atoms with Crippen molar-refractivity contribution < 1.29 is 23.4 Å². The van der Waals surface area contributed by atoms with Crippen LogP contribution in [0.25, 0.3) is 16.5 Å². The van der Waals surface area contributed by atoms with Crippen molar-refractivity contribution in [3.8, 4) is 23.0 Å². The van der Waals surface area contributed by atoms with Crippen LogP contribution < -0.4 is 18.9 Å². The number of allylic oxidation sites excluding steroid dienone is 1. The van der Waals surface area contributed by atoms with E-state index in [4.69, 9.17) is 23.4 Å². The van der Waals surface area contributed by atoms with Gasteiger partial charge in [0.05, 0.1) is 28.4 Å². The van der Waals surface area contributed by atoms with E-state index in [-0.39, 0.29) is 0 Å². The van der Waals surface area contributed by atoms with E-state index < -0.39 is 0 Å². The van der Waals surface area contributed by atoms with Gasteiger partial charge in [-0.25, -0.2) is 0 Å². The molecular weight excluding hydrogens is 344 g/mol. The number of methoxy groups -OCH3 is 4. The third-order valence-corrected chi connectivity index (χ3v) is 4.61. The molecule has 0 fully saturated rings. The SMILES string of the molecule is CC=C(c1cc(OC)c(OC)c(OC)c1)c1c(C)oc2cc(OC)ccc12. The summed E-state index contributed by atoms with van der Waals surface area (Å²) in [5.74, 6) is 3.38. The molecule has 0 N–H and O–H groups in total. The quantitative estimate of drug-likeness (QED) is 0.596. The molecule has 0 unspecified atom stereocenters. The molecule has 0 atom stereocenters. The molecule has 3 aromatic rings. The number of furan rings is 1. The van der Waals surface area contributed by atoms with Crippen molar-refractivity contribution in [3.63, 3.8) is 0 Å². The summed E-state index contributed by atoms with van der Waals surface area (Å²) in [6, 6.07) is 9.73. The topological polar surface area (TPSA) is 50.1 Å². The van der Waals surface area contributed by atoms with E-state index in [1.54, 1.807) is 28.4 Å². The van der Waals surface area contributed by atoms with Crippen molar-refractivity contribution in [2.45, 2.75) is 13.8 Å². The lowest BCUT2D eigenvalue weighted by Crippen LogP contribution is -1.98. The Hall–Kier alpha value is -3.08. The molecule has 142 valence electrons. The summed E-state index contributed by atoms with van der Waals surface area (Å²) < 4.78 is 27.8. The first-order chi connectivity index (χ1) is 13.1. The molecule has 0 aliphatic carbocycles. The van der Waals surface area contributed by atoms with Gasteiger partial charge < -0.3 is 23.4 Å². The Labute approximate surface area is 159 Å². The second-order valence-corrected chi connectivity index (χ2v) is 6.01.